The lowest BCUT2D eigenvalue weighted by molar-refractivity contribution is -0.122. The molecule has 0 radical (unpaired) electrons. The number of hydrogen-bond donors (Lipinski definition) is 1. The van der Waals surface area contributed by atoms with Gasteiger partial charge in [0.2, 0.25) is 5.91 Å². The smallest absolute Gasteiger partial charge is 0.234 e. The molecule has 0 bridgehead atoms. The van der Waals surface area contributed by atoms with Gasteiger partial charge in [0.25, 0.3) is 0 Å². The highest BCUT2D eigenvalue weighted by Gasteiger charge is 2.25. The van der Waals surface area contributed by atoms with Crippen LogP contribution in [0.1, 0.15) is 18.5 Å². The minimum absolute atomic E-state index is 0.190. The van der Waals surface area contributed by atoms with E-state index in [1.165, 1.54) is 0 Å². The maximum absolute atomic E-state index is 11.7. The number of thiazole rings is 1. The molecule has 2 heterocycles. The summed E-state index contributed by atoms with van der Waals surface area (Å²) in [4.78, 5) is 20.7. The van der Waals surface area contributed by atoms with Crippen LogP contribution in [-0.2, 0) is 11.3 Å². The van der Waals surface area contributed by atoms with Gasteiger partial charge in [-0.05, 0) is 12.8 Å². The fourth-order valence-electron chi connectivity index (χ4n) is 2.35. The summed E-state index contributed by atoms with van der Waals surface area (Å²) in [6.45, 7) is 5.49. The third kappa shape index (κ3) is 3.99. The lowest BCUT2D eigenvalue weighted by Gasteiger charge is -2.33. The fourth-order valence-corrected chi connectivity index (χ4v) is 2.90. The van der Waals surface area contributed by atoms with Gasteiger partial charge in [0.1, 0.15) is 0 Å². The Kier molecular flexibility index (Phi) is 4.10. The van der Waals surface area contributed by atoms with Gasteiger partial charge >= 0.3 is 0 Å². The Labute approximate surface area is 117 Å². The molecule has 6 heteroatoms. The summed E-state index contributed by atoms with van der Waals surface area (Å²) >= 11 is 1.65. The van der Waals surface area contributed by atoms with E-state index < -0.39 is 0 Å². The van der Waals surface area contributed by atoms with Crippen LogP contribution in [0.4, 0.5) is 0 Å². The molecule has 5 nitrogen and oxygen atoms in total. The molecule has 1 aliphatic carbocycles. The molecule has 1 saturated carbocycles. The van der Waals surface area contributed by atoms with Crippen LogP contribution in [0, 0.1) is 0 Å². The van der Waals surface area contributed by atoms with Crippen molar-refractivity contribution in [2.75, 3.05) is 32.7 Å². The van der Waals surface area contributed by atoms with Gasteiger partial charge in [-0.25, -0.2) is 4.98 Å². The minimum atomic E-state index is 0.190. The highest BCUT2D eigenvalue weighted by Crippen LogP contribution is 2.18. The number of nitrogens with one attached hydrogen (secondary N) is 1. The van der Waals surface area contributed by atoms with E-state index in [2.05, 4.69) is 25.5 Å². The maximum Gasteiger partial charge on any atom is 0.234 e. The van der Waals surface area contributed by atoms with Gasteiger partial charge in [-0.3, -0.25) is 14.6 Å². The second-order valence-electron chi connectivity index (χ2n) is 5.37. The second-order valence-corrected chi connectivity index (χ2v) is 6.09. The number of nitrogens with zero attached hydrogens (tertiary/aromatic N) is 3. The summed E-state index contributed by atoms with van der Waals surface area (Å²) in [6, 6.07) is 0.471. The molecule has 1 amide bonds. The summed E-state index contributed by atoms with van der Waals surface area (Å²) in [5.74, 6) is 0.190. The predicted octanol–water partition coefficient (Wildman–Crippen LogP) is 0.539. The lowest BCUT2D eigenvalue weighted by atomic mass is 10.3. The van der Waals surface area contributed by atoms with Gasteiger partial charge in [-0.2, -0.15) is 0 Å². The predicted molar refractivity (Wildman–Crippen MR) is 75.0 cm³/mol. The monoisotopic (exact) mass is 280 g/mol. The van der Waals surface area contributed by atoms with Crippen LogP contribution in [0.15, 0.2) is 10.9 Å². The molecule has 0 spiro atoms. The number of rotatable bonds is 5. The van der Waals surface area contributed by atoms with Crippen molar-refractivity contribution in [3.05, 3.63) is 16.6 Å². The molecule has 1 saturated heterocycles. The van der Waals surface area contributed by atoms with Gasteiger partial charge in [-0.15, -0.1) is 11.3 Å². The average Bonchev–Trinajstić information content (AvgIpc) is 3.05. The zero-order valence-electron chi connectivity index (χ0n) is 11.0. The molecule has 2 aliphatic rings. The van der Waals surface area contributed by atoms with Crippen LogP contribution >= 0.6 is 11.3 Å². The number of aromatic nitrogens is 1. The van der Waals surface area contributed by atoms with E-state index in [-0.39, 0.29) is 5.91 Å². The standard InChI is InChI=1S/C13H20N4OS/c18-13(15-11-1-2-11)8-17-5-3-16(4-6-17)7-12-9-19-10-14-12/h9-11H,1-8H2,(H,15,18). The van der Waals surface area contributed by atoms with E-state index in [1.54, 1.807) is 11.3 Å². The molecule has 0 unspecified atom stereocenters. The van der Waals surface area contributed by atoms with Crippen molar-refractivity contribution < 1.29 is 4.79 Å². The van der Waals surface area contributed by atoms with E-state index in [1.807, 2.05) is 5.51 Å². The minimum Gasteiger partial charge on any atom is -0.352 e. The summed E-state index contributed by atoms with van der Waals surface area (Å²) < 4.78 is 0. The normalized spacial score (nSPS) is 21.5. The topological polar surface area (TPSA) is 48.5 Å². The van der Waals surface area contributed by atoms with E-state index in [4.69, 9.17) is 0 Å². The van der Waals surface area contributed by atoms with Crippen molar-refractivity contribution in [1.29, 1.82) is 0 Å². The van der Waals surface area contributed by atoms with E-state index in [0.717, 1.165) is 51.3 Å². The third-order valence-corrected chi connectivity index (χ3v) is 4.28. The highest BCUT2D eigenvalue weighted by molar-refractivity contribution is 7.07. The van der Waals surface area contributed by atoms with E-state index in [9.17, 15) is 4.79 Å². The first-order valence-corrected chi connectivity index (χ1v) is 7.85. The quantitative estimate of drug-likeness (QED) is 0.855. The van der Waals surface area contributed by atoms with Crippen LogP contribution in [-0.4, -0.2) is 59.5 Å². The molecule has 1 N–H and O–H groups in total. The number of carbonyl (C=O) groups is 1. The fraction of sp³-hybridized carbons (Fsp3) is 0.692. The summed E-state index contributed by atoms with van der Waals surface area (Å²) in [5.41, 5.74) is 3.04. The Morgan fingerprint density at radius 3 is 2.68 bits per heavy atom. The average molecular weight is 280 g/mol. The zero-order chi connectivity index (χ0) is 13.1. The first-order valence-electron chi connectivity index (χ1n) is 6.91. The molecule has 104 valence electrons. The van der Waals surface area contributed by atoms with Crippen LogP contribution < -0.4 is 5.32 Å². The van der Waals surface area contributed by atoms with Crippen LogP contribution in [0.3, 0.4) is 0 Å². The molecule has 2 fully saturated rings. The molecule has 1 aromatic heterocycles. The van der Waals surface area contributed by atoms with Gasteiger partial charge in [0.15, 0.2) is 0 Å². The van der Waals surface area contributed by atoms with E-state index >= 15 is 0 Å². The Morgan fingerprint density at radius 2 is 2.05 bits per heavy atom. The van der Waals surface area contributed by atoms with Gasteiger partial charge < -0.3 is 5.32 Å². The summed E-state index contributed by atoms with van der Waals surface area (Å²) in [6.07, 6.45) is 2.32. The van der Waals surface area contributed by atoms with Crippen molar-refractivity contribution in [2.45, 2.75) is 25.4 Å². The van der Waals surface area contributed by atoms with E-state index in [0.29, 0.717) is 12.6 Å². The van der Waals surface area contributed by atoms with Crippen molar-refractivity contribution >= 4 is 17.2 Å². The number of carbonyl (C=O) groups excluding carboxylic acids is 1. The Bertz CT molecular complexity index is 410. The largest absolute Gasteiger partial charge is 0.352 e. The van der Waals surface area contributed by atoms with Gasteiger partial charge in [0, 0.05) is 44.1 Å². The lowest BCUT2D eigenvalue weighted by Crippen LogP contribution is -2.49. The van der Waals surface area contributed by atoms with Crippen molar-refractivity contribution in [2.24, 2.45) is 0 Å². The van der Waals surface area contributed by atoms with Crippen molar-refractivity contribution in [3.63, 3.8) is 0 Å². The Balaban J connectivity index is 1.37. The van der Waals surface area contributed by atoms with Crippen molar-refractivity contribution in [3.8, 4) is 0 Å². The zero-order valence-corrected chi connectivity index (χ0v) is 11.9. The Hall–Kier alpha value is -0.980. The van der Waals surface area contributed by atoms with Crippen molar-refractivity contribution in [1.82, 2.24) is 20.1 Å². The number of amides is 1. The molecular weight excluding hydrogens is 260 g/mol. The third-order valence-electron chi connectivity index (χ3n) is 3.64. The van der Waals surface area contributed by atoms with Gasteiger partial charge in [0.05, 0.1) is 17.7 Å². The number of hydrogen-bond acceptors (Lipinski definition) is 5. The molecule has 1 aliphatic heterocycles. The molecular formula is C13H20N4OS. The first kappa shape index (κ1) is 13.0. The molecule has 0 aromatic carbocycles. The van der Waals surface area contributed by atoms with Crippen LogP contribution in [0.25, 0.3) is 0 Å². The SMILES string of the molecule is O=C(CN1CCN(Cc2cscn2)CC1)NC1CC1. The Morgan fingerprint density at radius 1 is 1.32 bits per heavy atom. The maximum atomic E-state index is 11.7. The van der Waals surface area contributed by atoms with Crippen LogP contribution in [0.5, 0.6) is 0 Å². The molecule has 3 rings (SSSR count). The summed E-state index contributed by atoms with van der Waals surface area (Å²) in [7, 11) is 0. The molecule has 19 heavy (non-hydrogen) atoms. The van der Waals surface area contributed by atoms with Crippen LogP contribution in [0.2, 0.25) is 0 Å². The summed E-state index contributed by atoms with van der Waals surface area (Å²) in [5, 5.41) is 5.15. The van der Waals surface area contributed by atoms with Gasteiger partial charge in [-0.1, -0.05) is 0 Å². The number of piperazine rings is 1. The molecule has 1 aromatic rings. The first-order chi connectivity index (χ1) is 9.29. The molecule has 0 atom stereocenters. The second kappa shape index (κ2) is 5.98. The highest BCUT2D eigenvalue weighted by atomic mass is 32.1.